The van der Waals surface area contributed by atoms with Crippen LogP contribution in [0.25, 0.3) is 27.8 Å². The van der Waals surface area contributed by atoms with Gasteiger partial charge in [-0.3, -0.25) is 4.79 Å². The Morgan fingerprint density at radius 2 is 1.81 bits per heavy atom. The van der Waals surface area contributed by atoms with Crippen molar-refractivity contribution in [3.05, 3.63) is 65.0 Å². The highest BCUT2D eigenvalue weighted by atomic mass is 32.2. The van der Waals surface area contributed by atoms with Crippen molar-refractivity contribution >= 4 is 26.7 Å². The van der Waals surface area contributed by atoms with Crippen LogP contribution in [0.2, 0.25) is 0 Å². The first-order valence-corrected chi connectivity index (χ1v) is 11.5. The van der Waals surface area contributed by atoms with Crippen LogP contribution >= 0.6 is 0 Å². The molecule has 3 heterocycles. The standard InChI is InChI=1S/C21H20N6O4S/c22-32(29,30)15-6-4-14(5-7-15)27-13-18(24-25-27)16-2-1-3-17-19(28)12-20(23-21(16)17)26-8-10-31-11-9-26/h1-7,12-13H,8-11H2,(H,23,28)(H2,22,29,30). The van der Waals surface area contributed by atoms with Gasteiger partial charge in [-0.25, -0.2) is 18.2 Å². The number of H-pyrrole nitrogens is 1. The van der Waals surface area contributed by atoms with Gasteiger partial charge in [0.1, 0.15) is 11.5 Å². The number of pyridine rings is 1. The molecule has 0 bridgehead atoms. The van der Waals surface area contributed by atoms with Crippen molar-refractivity contribution in [2.75, 3.05) is 31.2 Å². The van der Waals surface area contributed by atoms with Crippen molar-refractivity contribution < 1.29 is 13.2 Å². The smallest absolute Gasteiger partial charge is 0.238 e. The maximum absolute atomic E-state index is 12.8. The van der Waals surface area contributed by atoms with Gasteiger partial charge in [-0.15, -0.1) is 5.10 Å². The number of nitrogens with two attached hydrogens (primary N) is 1. The number of para-hydroxylation sites is 1. The van der Waals surface area contributed by atoms with E-state index in [1.165, 1.54) is 16.8 Å². The highest BCUT2D eigenvalue weighted by Crippen LogP contribution is 2.27. The van der Waals surface area contributed by atoms with Gasteiger partial charge in [0.15, 0.2) is 5.43 Å². The highest BCUT2D eigenvalue weighted by molar-refractivity contribution is 7.89. The van der Waals surface area contributed by atoms with Crippen LogP contribution in [-0.4, -0.2) is 54.7 Å². The molecule has 2 aromatic heterocycles. The minimum Gasteiger partial charge on any atom is -0.378 e. The monoisotopic (exact) mass is 452 g/mol. The number of aromatic nitrogens is 4. The Kier molecular flexibility index (Phi) is 5.00. The van der Waals surface area contributed by atoms with E-state index in [0.717, 1.165) is 11.4 Å². The Morgan fingerprint density at radius 3 is 2.53 bits per heavy atom. The fourth-order valence-corrected chi connectivity index (χ4v) is 4.26. The lowest BCUT2D eigenvalue weighted by Crippen LogP contribution is -2.37. The van der Waals surface area contributed by atoms with Gasteiger partial charge in [-0.2, -0.15) is 0 Å². The third-order valence-corrected chi connectivity index (χ3v) is 6.33. The molecule has 5 rings (SSSR count). The van der Waals surface area contributed by atoms with Crippen LogP contribution in [-0.2, 0) is 14.8 Å². The van der Waals surface area contributed by atoms with E-state index in [2.05, 4.69) is 20.2 Å². The molecule has 0 radical (unpaired) electrons. The number of aromatic amines is 1. The summed E-state index contributed by atoms with van der Waals surface area (Å²) < 4.78 is 29.9. The number of benzene rings is 2. The second-order valence-corrected chi connectivity index (χ2v) is 9.00. The number of rotatable bonds is 4. The summed E-state index contributed by atoms with van der Waals surface area (Å²) in [6.45, 7) is 2.63. The van der Waals surface area contributed by atoms with Gasteiger partial charge in [0.25, 0.3) is 0 Å². The lowest BCUT2D eigenvalue weighted by molar-refractivity contribution is 0.122. The predicted molar refractivity (Wildman–Crippen MR) is 119 cm³/mol. The number of morpholine rings is 1. The molecule has 0 unspecified atom stereocenters. The Labute approximate surface area is 183 Å². The second-order valence-electron chi connectivity index (χ2n) is 7.43. The molecule has 2 aromatic carbocycles. The summed E-state index contributed by atoms with van der Waals surface area (Å²) in [4.78, 5) is 18.3. The molecule has 164 valence electrons. The normalized spacial score (nSPS) is 14.7. The van der Waals surface area contributed by atoms with Crippen LogP contribution in [0.4, 0.5) is 5.82 Å². The first-order chi connectivity index (χ1) is 15.4. The van der Waals surface area contributed by atoms with Gasteiger partial charge >= 0.3 is 0 Å². The summed E-state index contributed by atoms with van der Waals surface area (Å²) in [6, 6.07) is 13.1. The molecule has 32 heavy (non-hydrogen) atoms. The lowest BCUT2D eigenvalue weighted by atomic mass is 10.1. The molecular weight excluding hydrogens is 432 g/mol. The van der Waals surface area contributed by atoms with Gasteiger partial charge in [-0.1, -0.05) is 17.3 Å². The van der Waals surface area contributed by atoms with E-state index < -0.39 is 10.0 Å². The van der Waals surface area contributed by atoms with Crippen molar-refractivity contribution in [1.29, 1.82) is 0 Å². The molecule has 0 spiro atoms. The maximum Gasteiger partial charge on any atom is 0.238 e. The fraction of sp³-hybridized carbons (Fsp3) is 0.190. The van der Waals surface area contributed by atoms with E-state index in [1.807, 2.05) is 6.07 Å². The topological polar surface area (TPSA) is 136 Å². The quantitative estimate of drug-likeness (QED) is 0.476. The Hall–Kier alpha value is -3.54. The number of anilines is 1. The number of fused-ring (bicyclic) bond motifs is 1. The summed E-state index contributed by atoms with van der Waals surface area (Å²) in [5.41, 5.74) is 2.54. The van der Waals surface area contributed by atoms with Crippen LogP contribution in [0.3, 0.4) is 0 Å². The highest BCUT2D eigenvalue weighted by Gasteiger charge is 2.16. The Balaban J connectivity index is 1.56. The van der Waals surface area contributed by atoms with E-state index in [-0.39, 0.29) is 10.3 Å². The summed E-state index contributed by atoms with van der Waals surface area (Å²) in [5, 5.41) is 14.1. The maximum atomic E-state index is 12.8. The summed E-state index contributed by atoms with van der Waals surface area (Å²) in [7, 11) is -3.77. The van der Waals surface area contributed by atoms with Crippen LogP contribution in [0.1, 0.15) is 0 Å². The van der Waals surface area contributed by atoms with Crippen molar-refractivity contribution in [2.45, 2.75) is 4.90 Å². The van der Waals surface area contributed by atoms with Crippen molar-refractivity contribution in [3.63, 3.8) is 0 Å². The largest absolute Gasteiger partial charge is 0.378 e. The van der Waals surface area contributed by atoms with Crippen molar-refractivity contribution in [2.24, 2.45) is 5.14 Å². The van der Waals surface area contributed by atoms with E-state index in [4.69, 9.17) is 9.88 Å². The molecule has 1 fully saturated rings. The van der Waals surface area contributed by atoms with Crippen molar-refractivity contribution in [3.8, 4) is 16.9 Å². The number of primary sulfonamides is 1. The Bertz CT molecular complexity index is 1450. The van der Waals surface area contributed by atoms with Crippen LogP contribution in [0.15, 0.2) is 64.4 Å². The third-order valence-electron chi connectivity index (χ3n) is 5.40. The van der Waals surface area contributed by atoms with Crippen molar-refractivity contribution in [1.82, 2.24) is 20.0 Å². The first-order valence-electron chi connectivity index (χ1n) is 9.95. The third kappa shape index (κ3) is 3.77. The van der Waals surface area contributed by atoms with Gasteiger partial charge in [0, 0.05) is 30.1 Å². The minimum atomic E-state index is -3.77. The molecule has 4 aromatic rings. The van der Waals surface area contributed by atoms with Gasteiger partial charge < -0.3 is 14.6 Å². The molecule has 3 N–H and O–H groups in total. The molecular formula is C21H20N6O4S. The zero-order valence-electron chi connectivity index (χ0n) is 16.9. The number of ether oxygens (including phenoxy) is 1. The first kappa shape index (κ1) is 20.4. The van der Waals surface area contributed by atoms with E-state index >= 15 is 0 Å². The Morgan fingerprint density at radius 1 is 1.06 bits per heavy atom. The number of nitrogens with one attached hydrogen (secondary N) is 1. The van der Waals surface area contributed by atoms with E-state index in [0.29, 0.717) is 48.6 Å². The number of hydrogen-bond acceptors (Lipinski definition) is 7. The molecule has 0 atom stereocenters. The van der Waals surface area contributed by atoms with Crippen LogP contribution < -0.4 is 15.5 Å². The molecule has 1 aliphatic heterocycles. The van der Waals surface area contributed by atoms with Gasteiger partial charge in [-0.05, 0) is 30.3 Å². The molecule has 1 saturated heterocycles. The number of hydrogen-bond donors (Lipinski definition) is 2. The average Bonchev–Trinajstić information content (AvgIpc) is 3.29. The van der Waals surface area contributed by atoms with E-state index in [1.54, 1.807) is 36.5 Å². The van der Waals surface area contributed by atoms with Crippen LogP contribution in [0, 0.1) is 0 Å². The molecule has 1 aliphatic rings. The number of sulfonamides is 1. The second kappa shape index (κ2) is 7.86. The number of nitrogens with zero attached hydrogens (tertiary/aromatic N) is 4. The fourth-order valence-electron chi connectivity index (χ4n) is 3.75. The minimum absolute atomic E-state index is 0.0175. The average molecular weight is 452 g/mol. The molecule has 0 aliphatic carbocycles. The lowest BCUT2D eigenvalue weighted by Gasteiger charge is -2.28. The predicted octanol–water partition coefficient (Wildman–Crippen LogP) is 1.26. The molecule has 0 saturated carbocycles. The zero-order valence-corrected chi connectivity index (χ0v) is 17.7. The van der Waals surface area contributed by atoms with E-state index in [9.17, 15) is 13.2 Å². The summed E-state index contributed by atoms with van der Waals surface area (Å²) >= 11 is 0. The molecule has 11 heteroatoms. The summed E-state index contributed by atoms with van der Waals surface area (Å²) in [5.74, 6) is 0.740. The van der Waals surface area contributed by atoms with Gasteiger partial charge in [0.2, 0.25) is 10.0 Å². The summed E-state index contributed by atoms with van der Waals surface area (Å²) in [6.07, 6.45) is 1.72. The van der Waals surface area contributed by atoms with Crippen LogP contribution in [0.5, 0.6) is 0 Å². The van der Waals surface area contributed by atoms with Gasteiger partial charge in [0.05, 0.1) is 35.5 Å². The molecule has 10 nitrogen and oxygen atoms in total. The zero-order chi connectivity index (χ0) is 22.3. The SMILES string of the molecule is NS(=O)(=O)c1ccc(-n2cc(-c3cccc4c(=O)cc(N5CCOCC5)[nH]c34)nn2)cc1. The molecule has 0 amide bonds.